The molecule has 0 saturated carbocycles. The van der Waals surface area contributed by atoms with Gasteiger partial charge in [0.15, 0.2) is 0 Å². The zero-order valence-corrected chi connectivity index (χ0v) is 30.6. The SMILES string of the molecule is CC/C=C\c1oc2ccc(-c3c4ccccc4c(-c4cccc5c4-c4ccccc4C5(C)C)c4cc(-c5cccc6ccccc56)ccc34)cc2c1C. The Balaban J connectivity index is 1.33. The average molecular weight is 681 g/mol. The molecule has 8 aromatic carbocycles. The van der Waals surface area contributed by atoms with Crippen LogP contribution in [0.3, 0.4) is 0 Å². The first kappa shape index (κ1) is 31.5. The van der Waals surface area contributed by atoms with Crippen LogP contribution in [0.25, 0.3) is 93.9 Å². The molecular weight excluding hydrogens is 641 g/mol. The number of hydrogen-bond acceptors (Lipinski definition) is 1. The lowest BCUT2D eigenvalue weighted by atomic mass is 9.80. The molecule has 0 bridgehead atoms. The first-order chi connectivity index (χ1) is 25.9. The van der Waals surface area contributed by atoms with Crippen molar-refractivity contribution in [3.63, 3.8) is 0 Å². The van der Waals surface area contributed by atoms with E-state index in [1.807, 2.05) is 0 Å². The number of allylic oxidation sites excluding steroid dienone is 1. The Morgan fingerprint density at radius 2 is 1.13 bits per heavy atom. The van der Waals surface area contributed by atoms with Crippen molar-refractivity contribution < 1.29 is 4.42 Å². The number of benzene rings is 8. The van der Waals surface area contributed by atoms with Gasteiger partial charge in [-0.1, -0.05) is 154 Å². The van der Waals surface area contributed by atoms with Crippen LogP contribution in [0.5, 0.6) is 0 Å². The first-order valence-electron chi connectivity index (χ1n) is 18.8. The third-order valence-electron chi connectivity index (χ3n) is 11.8. The number of hydrogen-bond donors (Lipinski definition) is 0. The van der Waals surface area contributed by atoms with Crippen molar-refractivity contribution in [3.8, 4) is 44.5 Å². The van der Waals surface area contributed by atoms with E-state index in [1.54, 1.807) is 0 Å². The normalized spacial score (nSPS) is 13.4. The second-order valence-corrected chi connectivity index (χ2v) is 15.1. The van der Waals surface area contributed by atoms with Gasteiger partial charge in [-0.2, -0.15) is 0 Å². The Hall–Kier alpha value is -6.18. The van der Waals surface area contributed by atoms with Crippen molar-refractivity contribution in [2.24, 2.45) is 0 Å². The number of rotatable bonds is 5. The van der Waals surface area contributed by atoms with Gasteiger partial charge < -0.3 is 4.42 Å². The molecule has 0 atom stereocenters. The zero-order chi connectivity index (χ0) is 35.8. The highest BCUT2D eigenvalue weighted by Crippen LogP contribution is 2.55. The lowest BCUT2D eigenvalue weighted by Gasteiger charge is -2.23. The van der Waals surface area contributed by atoms with Gasteiger partial charge in [0.25, 0.3) is 0 Å². The summed E-state index contributed by atoms with van der Waals surface area (Å²) in [6.07, 6.45) is 5.25. The van der Waals surface area contributed by atoms with Gasteiger partial charge >= 0.3 is 0 Å². The third kappa shape index (κ3) is 4.70. The molecule has 1 nitrogen and oxygen atoms in total. The summed E-state index contributed by atoms with van der Waals surface area (Å²) in [5, 5.41) is 8.70. The molecule has 10 rings (SSSR count). The Morgan fingerprint density at radius 1 is 0.509 bits per heavy atom. The van der Waals surface area contributed by atoms with Gasteiger partial charge in [0.2, 0.25) is 0 Å². The molecule has 1 aliphatic rings. The quantitative estimate of drug-likeness (QED) is 0.165. The maximum atomic E-state index is 6.34. The Morgan fingerprint density at radius 3 is 1.98 bits per heavy atom. The summed E-state index contributed by atoms with van der Waals surface area (Å²) in [6.45, 7) is 9.07. The van der Waals surface area contributed by atoms with Crippen molar-refractivity contribution >= 4 is 49.4 Å². The van der Waals surface area contributed by atoms with Crippen LogP contribution in [0.4, 0.5) is 0 Å². The predicted molar refractivity (Wildman–Crippen MR) is 227 cm³/mol. The van der Waals surface area contributed by atoms with E-state index in [-0.39, 0.29) is 5.41 Å². The second kappa shape index (κ2) is 11.9. The standard InChI is InChI=1S/C52H40O/c1-5-6-25-47-32(2)43-31-35(27-29-48(43)53-47)49-38-18-9-10-19-39(38)50(42-22-14-24-46-51(42)41-20-11-12-23-45(41)52(46,3)4)44-30-34(26-28-40(44)49)37-21-13-16-33-15-7-8-17-36(33)37/h6-31H,5H2,1-4H3/b25-6-. The zero-order valence-electron chi connectivity index (χ0n) is 30.6. The number of fused-ring (bicyclic) bond motifs is 7. The lowest BCUT2D eigenvalue weighted by Crippen LogP contribution is -2.14. The van der Waals surface area contributed by atoms with Gasteiger partial charge in [-0.25, -0.2) is 0 Å². The van der Waals surface area contributed by atoms with Crippen LogP contribution < -0.4 is 0 Å². The number of aryl methyl sites for hydroxylation is 1. The van der Waals surface area contributed by atoms with E-state index in [4.69, 9.17) is 4.42 Å². The minimum Gasteiger partial charge on any atom is -0.456 e. The van der Waals surface area contributed by atoms with E-state index in [1.165, 1.54) is 93.5 Å². The highest BCUT2D eigenvalue weighted by atomic mass is 16.3. The molecule has 0 spiro atoms. The number of furan rings is 1. The topological polar surface area (TPSA) is 13.1 Å². The Kier molecular flexibility index (Phi) is 7.10. The highest BCUT2D eigenvalue weighted by molar-refractivity contribution is 6.24. The molecule has 53 heavy (non-hydrogen) atoms. The van der Waals surface area contributed by atoms with Crippen LogP contribution in [0.2, 0.25) is 0 Å². The molecule has 1 aliphatic carbocycles. The van der Waals surface area contributed by atoms with Gasteiger partial charge in [0, 0.05) is 16.4 Å². The maximum absolute atomic E-state index is 6.34. The summed E-state index contributed by atoms with van der Waals surface area (Å²) in [5.74, 6) is 0.935. The minimum absolute atomic E-state index is 0.0926. The molecule has 0 amide bonds. The van der Waals surface area contributed by atoms with E-state index in [0.29, 0.717) is 0 Å². The fourth-order valence-corrected chi connectivity index (χ4v) is 9.17. The average Bonchev–Trinajstić information content (AvgIpc) is 3.64. The molecular formula is C52H40O. The van der Waals surface area contributed by atoms with Crippen LogP contribution in [0.15, 0.2) is 156 Å². The van der Waals surface area contributed by atoms with Crippen molar-refractivity contribution in [1.82, 2.24) is 0 Å². The van der Waals surface area contributed by atoms with Crippen molar-refractivity contribution in [1.29, 1.82) is 0 Å². The van der Waals surface area contributed by atoms with Crippen LogP contribution in [-0.4, -0.2) is 0 Å². The Labute approximate surface area is 310 Å². The van der Waals surface area contributed by atoms with E-state index in [9.17, 15) is 0 Å². The van der Waals surface area contributed by atoms with Crippen LogP contribution in [0.1, 0.15) is 49.6 Å². The molecule has 1 aromatic heterocycles. The summed E-state index contributed by atoms with van der Waals surface area (Å²) >= 11 is 0. The molecule has 0 saturated heterocycles. The third-order valence-corrected chi connectivity index (χ3v) is 11.8. The van der Waals surface area contributed by atoms with Crippen LogP contribution >= 0.6 is 0 Å². The summed E-state index contributed by atoms with van der Waals surface area (Å²) in [5.41, 5.74) is 15.0. The molecule has 0 unspecified atom stereocenters. The minimum atomic E-state index is -0.0926. The van der Waals surface area contributed by atoms with Gasteiger partial charge in [-0.3, -0.25) is 0 Å². The van der Waals surface area contributed by atoms with Crippen LogP contribution in [0, 0.1) is 6.92 Å². The Bertz CT molecular complexity index is 2960. The van der Waals surface area contributed by atoms with E-state index in [2.05, 4.69) is 185 Å². The van der Waals surface area contributed by atoms with Crippen molar-refractivity contribution in [2.75, 3.05) is 0 Å². The molecule has 1 heteroatoms. The van der Waals surface area contributed by atoms with E-state index < -0.39 is 0 Å². The van der Waals surface area contributed by atoms with Crippen LogP contribution in [-0.2, 0) is 5.41 Å². The van der Waals surface area contributed by atoms with E-state index >= 15 is 0 Å². The summed E-state index contributed by atoms with van der Waals surface area (Å²) in [4.78, 5) is 0. The summed E-state index contributed by atoms with van der Waals surface area (Å²) in [7, 11) is 0. The maximum Gasteiger partial charge on any atom is 0.135 e. The second-order valence-electron chi connectivity index (χ2n) is 15.1. The molecule has 0 aliphatic heterocycles. The monoisotopic (exact) mass is 680 g/mol. The van der Waals surface area contributed by atoms with Gasteiger partial charge in [0.05, 0.1) is 0 Å². The summed E-state index contributed by atoms with van der Waals surface area (Å²) in [6, 6.07) is 54.3. The molecule has 1 heterocycles. The predicted octanol–water partition coefficient (Wildman–Crippen LogP) is 14.9. The lowest BCUT2D eigenvalue weighted by molar-refractivity contribution is 0.601. The molecule has 0 fully saturated rings. The molecule has 9 aromatic rings. The van der Waals surface area contributed by atoms with Gasteiger partial charge in [-0.05, 0) is 126 Å². The smallest absolute Gasteiger partial charge is 0.135 e. The van der Waals surface area contributed by atoms with Gasteiger partial charge in [0.1, 0.15) is 11.3 Å². The van der Waals surface area contributed by atoms with Gasteiger partial charge in [-0.15, -0.1) is 0 Å². The largest absolute Gasteiger partial charge is 0.456 e. The molecule has 0 radical (unpaired) electrons. The van der Waals surface area contributed by atoms with E-state index in [0.717, 1.165) is 23.2 Å². The first-order valence-corrected chi connectivity index (χ1v) is 18.8. The molecule has 254 valence electrons. The van der Waals surface area contributed by atoms with Crippen molar-refractivity contribution in [2.45, 2.75) is 39.5 Å². The molecule has 0 N–H and O–H groups in total. The fraction of sp³-hybridized carbons (Fsp3) is 0.115. The van der Waals surface area contributed by atoms with Crippen molar-refractivity contribution in [3.05, 3.63) is 174 Å². The summed E-state index contributed by atoms with van der Waals surface area (Å²) < 4.78 is 6.34. The fourth-order valence-electron chi connectivity index (χ4n) is 9.17. The highest BCUT2D eigenvalue weighted by Gasteiger charge is 2.37.